The minimum absolute atomic E-state index is 0.163. The second-order valence-electron chi connectivity index (χ2n) is 5.60. The van der Waals surface area contributed by atoms with E-state index in [2.05, 4.69) is 29.5 Å². The molecule has 17 heavy (non-hydrogen) atoms. The minimum Gasteiger partial charge on any atom is -0.352 e. The predicted molar refractivity (Wildman–Crippen MR) is 68.9 cm³/mol. The van der Waals surface area contributed by atoms with E-state index in [4.69, 9.17) is 0 Å². The van der Waals surface area contributed by atoms with Gasteiger partial charge < -0.3 is 15.5 Å². The highest BCUT2D eigenvalue weighted by atomic mass is 16.2. The lowest BCUT2D eigenvalue weighted by atomic mass is 9.90. The van der Waals surface area contributed by atoms with Gasteiger partial charge in [0, 0.05) is 18.6 Å². The largest absolute Gasteiger partial charge is 0.352 e. The van der Waals surface area contributed by atoms with E-state index < -0.39 is 0 Å². The van der Waals surface area contributed by atoms with Crippen LogP contribution in [0.15, 0.2) is 0 Å². The molecule has 2 aliphatic rings. The number of likely N-dealkylation sites (tertiary alicyclic amines) is 1. The molecule has 3 atom stereocenters. The highest BCUT2D eigenvalue weighted by Gasteiger charge is 2.29. The summed E-state index contributed by atoms with van der Waals surface area (Å²) in [7, 11) is 2.13. The van der Waals surface area contributed by atoms with Crippen LogP contribution >= 0.6 is 0 Å². The summed E-state index contributed by atoms with van der Waals surface area (Å²) in [6.45, 7) is 5.33. The fourth-order valence-electron chi connectivity index (χ4n) is 2.99. The topological polar surface area (TPSA) is 44.4 Å². The van der Waals surface area contributed by atoms with Gasteiger partial charge in [0.15, 0.2) is 0 Å². The van der Waals surface area contributed by atoms with Crippen molar-refractivity contribution in [2.45, 2.75) is 44.7 Å². The number of carbonyl (C=O) groups excluding carboxylic acids is 1. The number of nitrogens with one attached hydrogen (secondary N) is 2. The fourth-order valence-corrected chi connectivity index (χ4v) is 2.99. The molecule has 98 valence electrons. The van der Waals surface area contributed by atoms with Gasteiger partial charge in [0.1, 0.15) is 0 Å². The second kappa shape index (κ2) is 5.83. The lowest BCUT2D eigenvalue weighted by molar-refractivity contribution is -0.127. The Hall–Kier alpha value is -0.610. The number of nitrogens with zero attached hydrogens (tertiary/aromatic N) is 1. The van der Waals surface area contributed by atoms with E-state index in [1.54, 1.807) is 0 Å². The average Bonchev–Trinajstić information content (AvgIpc) is 2.29. The summed E-state index contributed by atoms with van der Waals surface area (Å²) in [6.07, 6.45) is 4.47. The molecule has 0 aliphatic carbocycles. The van der Waals surface area contributed by atoms with Crippen molar-refractivity contribution in [3.63, 3.8) is 0 Å². The molecule has 2 saturated heterocycles. The Kier molecular flexibility index (Phi) is 4.40. The lowest BCUT2D eigenvalue weighted by Gasteiger charge is -2.34. The van der Waals surface area contributed by atoms with E-state index in [0.717, 1.165) is 38.9 Å². The van der Waals surface area contributed by atoms with E-state index >= 15 is 0 Å². The molecular weight excluding hydrogens is 214 g/mol. The molecule has 0 bridgehead atoms. The van der Waals surface area contributed by atoms with Crippen LogP contribution in [-0.4, -0.2) is 49.6 Å². The number of piperidine rings is 2. The van der Waals surface area contributed by atoms with Crippen LogP contribution in [0.5, 0.6) is 0 Å². The first-order valence-electron chi connectivity index (χ1n) is 6.89. The Balaban J connectivity index is 1.83. The van der Waals surface area contributed by atoms with Crippen LogP contribution in [0.25, 0.3) is 0 Å². The van der Waals surface area contributed by atoms with Crippen LogP contribution < -0.4 is 10.6 Å². The number of hydrogen-bond donors (Lipinski definition) is 2. The molecule has 2 aliphatic heterocycles. The second-order valence-corrected chi connectivity index (χ2v) is 5.60. The molecule has 0 aromatic carbocycles. The van der Waals surface area contributed by atoms with Crippen molar-refractivity contribution < 1.29 is 4.79 Å². The van der Waals surface area contributed by atoms with Crippen molar-refractivity contribution in [2.24, 2.45) is 5.92 Å². The van der Waals surface area contributed by atoms with Gasteiger partial charge in [-0.05, 0) is 52.7 Å². The number of amides is 1. The Morgan fingerprint density at radius 2 is 2.18 bits per heavy atom. The van der Waals surface area contributed by atoms with Gasteiger partial charge in [-0.3, -0.25) is 4.79 Å². The Labute approximate surface area is 104 Å². The van der Waals surface area contributed by atoms with E-state index in [-0.39, 0.29) is 11.8 Å². The highest BCUT2D eigenvalue weighted by Crippen LogP contribution is 2.17. The molecule has 0 spiro atoms. The van der Waals surface area contributed by atoms with Gasteiger partial charge >= 0.3 is 0 Å². The van der Waals surface area contributed by atoms with Gasteiger partial charge in [0.2, 0.25) is 5.91 Å². The number of rotatable bonds is 2. The molecule has 3 unspecified atom stereocenters. The summed E-state index contributed by atoms with van der Waals surface area (Å²) in [5.41, 5.74) is 0. The van der Waals surface area contributed by atoms with Crippen molar-refractivity contribution in [1.82, 2.24) is 15.5 Å². The molecule has 0 saturated carbocycles. The molecular formula is C13H25N3O. The predicted octanol–water partition coefficient (Wildman–Crippen LogP) is 0.585. The summed E-state index contributed by atoms with van der Waals surface area (Å²) >= 11 is 0. The maximum atomic E-state index is 12.2. The first-order valence-corrected chi connectivity index (χ1v) is 6.89. The third-order valence-electron chi connectivity index (χ3n) is 4.07. The van der Waals surface area contributed by atoms with Crippen LogP contribution in [0.2, 0.25) is 0 Å². The maximum absolute atomic E-state index is 12.2. The van der Waals surface area contributed by atoms with Gasteiger partial charge in [-0.1, -0.05) is 0 Å². The quantitative estimate of drug-likeness (QED) is 0.741. The fraction of sp³-hybridized carbons (Fsp3) is 0.923. The van der Waals surface area contributed by atoms with E-state index in [1.807, 2.05) is 0 Å². The number of hydrogen-bond acceptors (Lipinski definition) is 3. The minimum atomic E-state index is 0.163. The van der Waals surface area contributed by atoms with Gasteiger partial charge in [-0.25, -0.2) is 0 Å². The summed E-state index contributed by atoms with van der Waals surface area (Å²) in [5, 5.41) is 6.62. The first-order chi connectivity index (χ1) is 8.16. The third kappa shape index (κ3) is 3.42. The molecule has 4 heteroatoms. The molecule has 0 aromatic heterocycles. The molecule has 0 radical (unpaired) electrons. The third-order valence-corrected chi connectivity index (χ3v) is 4.07. The standard InChI is InChI=1S/C13H25N3O/c1-10-12(6-3-7-14-10)13(17)15-11-5-4-8-16(2)9-11/h10-12,14H,3-9H2,1-2H3,(H,15,17). The van der Waals surface area contributed by atoms with E-state index in [9.17, 15) is 4.79 Å². The van der Waals surface area contributed by atoms with Crippen molar-refractivity contribution in [2.75, 3.05) is 26.7 Å². The molecule has 2 heterocycles. The Bertz CT molecular complexity index is 269. The van der Waals surface area contributed by atoms with Gasteiger partial charge in [0.05, 0.1) is 5.92 Å². The van der Waals surface area contributed by atoms with Gasteiger partial charge in [-0.2, -0.15) is 0 Å². The molecule has 2 N–H and O–H groups in total. The summed E-state index contributed by atoms with van der Waals surface area (Å²) in [5.74, 6) is 0.418. The van der Waals surface area contributed by atoms with Crippen molar-refractivity contribution in [1.29, 1.82) is 0 Å². The van der Waals surface area contributed by atoms with Crippen LogP contribution in [0.3, 0.4) is 0 Å². The molecule has 2 fully saturated rings. The zero-order chi connectivity index (χ0) is 12.3. The molecule has 0 aromatic rings. The Morgan fingerprint density at radius 1 is 1.35 bits per heavy atom. The average molecular weight is 239 g/mol. The molecule has 4 nitrogen and oxygen atoms in total. The zero-order valence-electron chi connectivity index (χ0n) is 11.0. The SMILES string of the molecule is CC1NCCCC1C(=O)NC1CCCN(C)C1. The normalized spacial score (nSPS) is 35.5. The van der Waals surface area contributed by atoms with E-state index in [0.29, 0.717) is 12.1 Å². The first kappa shape index (κ1) is 12.8. The highest BCUT2D eigenvalue weighted by molar-refractivity contribution is 5.79. The van der Waals surface area contributed by atoms with Crippen LogP contribution in [0, 0.1) is 5.92 Å². The number of carbonyl (C=O) groups is 1. The summed E-state index contributed by atoms with van der Waals surface area (Å²) in [6, 6.07) is 0.681. The lowest BCUT2D eigenvalue weighted by Crippen LogP contribution is -2.52. The van der Waals surface area contributed by atoms with Crippen LogP contribution in [0.1, 0.15) is 32.6 Å². The maximum Gasteiger partial charge on any atom is 0.224 e. The van der Waals surface area contributed by atoms with Crippen molar-refractivity contribution in [3.05, 3.63) is 0 Å². The zero-order valence-corrected chi connectivity index (χ0v) is 11.0. The summed E-state index contributed by atoms with van der Waals surface area (Å²) < 4.78 is 0. The van der Waals surface area contributed by atoms with Gasteiger partial charge in [0.25, 0.3) is 0 Å². The smallest absolute Gasteiger partial charge is 0.224 e. The monoisotopic (exact) mass is 239 g/mol. The van der Waals surface area contributed by atoms with Crippen molar-refractivity contribution in [3.8, 4) is 0 Å². The Morgan fingerprint density at radius 3 is 2.88 bits per heavy atom. The molecule has 1 amide bonds. The van der Waals surface area contributed by atoms with E-state index in [1.165, 1.54) is 6.42 Å². The van der Waals surface area contributed by atoms with Crippen molar-refractivity contribution >= 4 is 5.91 Å². The summed E-state index contributed by atoms with van der Waals surface area (Å²) in [4.78, 5) is 14.5. The molecule has 2 rings (SSSR count). The van der Waals surface area contributed by atoms with Gasteiger partial charge in [-0.15, -0.1) is 0 Å². The number of likely N-dealkylation sites (N-methyl/N-ethyl adjacent to an activating group) is 1. The van der Waals surface area contributed by atoms with Crippen LogP contribution in [-0.2, 0) is 4.79 Å². The van der Waals surface area contributed by atoms with Crippen LogP contribution in [0.4, 0.5) is 0 Å².